The third kappa shape index (κ3) is 4.48. The number of nitrogens with zero attached hydrogens (tertiary/aromatic N) is 1. The van der Waals surface area contributed by atoms with Gasteiger partial charge >= 0.3 is 5.69 Å². The fraction of sp³-hybridized carbons (Fsp3) is 0.600. The SMILES string of the molecule is Cc1cn([C@@H]2O[C@H](CO)C=C2[S+]([O-])CC[Si](C)(C)C)c(=O)[nH]c1=O. The Morgan fingerprint density at radius 2 is 2.08 bits per heavy atom. The molecular weight excluding hydrogens is 348 g/mol. The Kier molecular flexibility index (Phi) is 5.92. The molecule has 1 unspecified atom stereocenters. The van der Waals surface area contributed by atoms with Gasteiger partial charge < -0.3 is 14.4 Å². The van der Waals surface area contributed by atoms with Crippen molar-refractivity contribution in [1.29, 1.82) is 0 Å². The van der Waals surface area contributed by atoms with E-state index in [1.54, 1.807) is 13.0 Å². The van der Waals surface area contributed by atoms with Gasteiger partial charge in [-0.25, -0.2) is 4.79 Å². The van der Waals surface area contributed by atoms with Crippen molar-refractivity contribution in [2.45, 2.75) is 44.9 Å². The van der Waals surface area contributed by atoms with Gasteiger partial charge in [-0.05, 0) is 24.1 Å². The minimum atomic E-state index is -1.35. The largest absolute Gasteiger partial charge is 0.612 e. The molecule has 9 heteroatoms. The van der Waals surface area contributed by atoms with Crippen molar-refractivity contribution in [2.24, 2.45) is 0 Å². The highest BCUT2D eigenvalue weighted by Crippen LogP contribution is 2.33. The van der Waals surface area contributed by atoms with Gasteiger partial charge in [0.1, 0.15) is 11.9 Å². The summed E-state index contributed by atoms with van der Waals surface area (Å²) in [5.74, 6) is 0.497. The molecule has 2 rings (SSSR count). The molecule has 0 fully saturated rings. The molecule has 0 spiro atoms. The van der Waals surface area contributed by atoms with E-state index in [1.165, 1.54) is 10.8 Å². The number of hydrogen-bond donors (Lipinski definition) is 2. The molecule has 0 radical (unpaired) electrons. The number of nitrogens with one attached hydrogen (secondary N) is 1. The predicted octanol–water partition coefficient (Wildman–Crippen LogP) is 0.706. The molecule has 0 aromatic carbocycles. The van der Waals surface area contributed by atoms with E-state index in [-0.39, 0.29) is 6.61 Å². The second kappa shape index (κ2) is 7.40. The third-order valence-corrected chi connectivity index (χ3v) is 7.33. The summed E-state index contributed by atoms with van der Waals surface area (Å²) in [6.45, 7) is 7.93. The van der Waals surface area contributed by atoms with E-state index >= 15 is 0 Å². The number of ether oxygens (including phenoxy) is 1. The summed E-state index contributed by atoms with van der Waals surface area (Å²) in [5, 5.41) is 9.35. The third-order valence-electron chi connectivity index (χ3n) is 3.78. The molecule has 3 atom stereocenters. The van der Waals surface area contributed by atoms with Crippen LogP contribution in [0, 0.1) is 6.92 Å². The molecule has 0 saturated heterocycles. The maximum absolute atomic E-state index is 12.7. The van der Waals surface area contributed by atoms with Crippen LogP contribution in [0.15, 0.2) is 26.8 Å². The van der Waals surface area contributed by atoms with Crippen LogP contribution in [0.1, 0.15) is 11.8 Å². The smallest absolute Gasteiger partial charge is 0.330 e. The Hall–Kier alpha value is -1.13. The summed E-state index contributed by atoms with van der Waals surface area (Å²) in [4.78, 5) is 26.3. The quantitative estimate of drug-likeness (QED) is 0.565. The standard InChI is InChI=1S/C15H24N2O5SSi/c1-10-8-17(15(20)16-13(10)19)14-12(7-11(9-18)22-14)23(21)5-6-24(2,3)4/h7-8,11,14,18H,5-6,9H2,1-4H3,(H,16,19,20)/t11-,14+,23?/m0/s1. The van der Waals surface area contributed by atoms with E-state index in [0.717, 1.165) is 6.04 Å². The van der Waals surface area contributed by atoms with Crippen LogP contribution in [0.25, 0.3) is 0 Å². The first-order valence-corrected chi connectivity index (χ1v) is 12.8. The number of aliphatic hydroxyl groups is 1. The fourth-order valence-electron chi connectivity index (χ4n) is 2.30. The van der Waals surface area contributed by atoms with E-state index in [4.69, 9.17) is 4.74 Å². The van der Waals surface area contributed by atoms with Crippen molar-refractivity contribution in [2.75, 3.05) is 12.4 Å². The summed E-state index contributed by atoms with van der Waals surface area (Å²) in [6.07, 6.45) is 1.54. The lowest BCUT2D eigenvalue weighted by molar-refractivity contribution is -0.0120. The number of rotatable bonds is 6. The van der Waals surface area contributed by atoms with Gasteiger partial charge in [0.05, 0.1) is 6.61 Å². The van der Waals surface area contributed by atoms with Crippen LogP contribution < -0.4 is 11.2 Å². The molecule has 2 N–H and O–H groups in total. The Bertz CT molecular complexity index is 737. The second-order valence-corrected chi connectivity index (χ2v) is 14.3. The van der Waals surface area contributed by atoms with Crippen LogP contribution in [0.5, 0.6) is 0 Å². The van der Waals surface area contributed by atoms with E-state index in [0.29, 0.717) is 16.2 Å². The molecule has 2 heterocycles. The van der Waals surface area contributed by atoms with Crippen LogP contribution in [0.2, 0.25) is 25.7 Å². The zero-order chi connectivity index (χ0) is 18.1. The molecular formula is C15H24N2O5SSi. The lowest BCUT2D eigenvalue weighted by Crippen LogP contribution is -2.35. The van der Waals surface area contributed by atoms with Crippen LogP contribution in [-0.4, -0.2) is 45.7 Å². The highest BCUT2D eigenvalue weighted by Gasteiger charge is 2.37. The van der Waals surface area contributed by atoms with Crippen LogP contribution in [0.4, 0.5) is 0 Å². The maximum Gasteiger partial charge on any atom is 0.330 e. The van der Waals surface area contributed by atoms with Crippen molar-refractivity contribution in [3.63, 3.8) is 0 Å². The molecule has 1 aliphatic heterocycles. The summed E-state index contributed by atoms with van der Waals surface area (Å²) < 4.78 is 19.6. The molecule has 1 aliphatic rings. The highest BCUT2D eigenvalue weighted by atomic mass is 32.2. The number of hydrogen-bond acceptors (Lipinski definition) is 5. The predicted molar refractivity (Wildman–Crippen MR) is 96.3 cm³/mol. The monoisotopic (exact) mass is 372 g/mol. The van der Waals surface area contributed by atoms with Crippen LogP contribution in [0.3, 0.4) is 0 Å². The van der Waals surface area contributed by atoms with E-state index in [9.17, 15) is 19.2 Å². The van der Waals surface area contributed by atoms with Crippen molar-refractivity contribution in [3.8, 4) is 0 Å². The fourth-order valence-corrected chi connectivity index (χ4v) is 6.43. The first-order chi connectivity index (χ1) is 11.1. The van der Waals surface area contributed by atoms with Crippen molar-refractivity contribution in [1.82, 2.24) is 9.55 Å². The molecule has 1 aromatic heterocycles. The summed E-state index contributed by atoms with van der Waals surface area (Å²) in [6, 6.07) is 0.882. The zero-order valence-electron chi connectivity index (χ0n) is 14.4. The number of aryl methyl sites for hydroxylation is 1. The molecule has 0 amide bonds. The Labute approximate surface area is 144 Å². The Morgan fingerprint density at radius 3 is 2.67 bits per heavy atom. The van der Waals surface area contributed by atoms with Gasteiger partial charge in [0.2, 0.25) is 6.23 Å². The van der Waals surface area contributed by atoms with Crippen molar-refractivity contribution < 1.29 is 14.4 Å². The summed E-state index contributed by atoms with van der Waals surface area (Å²) >= 11 is -1.31. The van der Waals surface area contributed by atoms with Crippen LogP contribution >= 0.6 is 0 Å². The zero-order valence-corrected chi connectivity index (χ0v) is 16.2. The number of H-pyrrole nitrogens is 1. The molecule has 0 bridgehead atoms. The van der Waals surface area contributed by atoms with Crippen LogP contribution in [-0.2, 0) is 15.9 Å². The molecule has 0 aliphatic carbocycles. The Balaban J connectivity index is 2.32. The normalized spacial score (nSPS) is 22.5. The van der Waals surface area contributed by atoms with E-state index in [2.05, 4.69) is 24.6 Å². The number of aromatic nitrogens is 2. The topological polar surface area (TPSA) is 107 Å². The minimum absolute atomic E-state index is 0.262. The molecule has 7 nitrogen and oxygen atoms in total. The first kappa shape index (κ1) is 19.2. The summed E-state index contributed by atoms with van der Waals surface area (Å²) in [7, 11) is -1.35. The maximum atomic E-state index is 12.7. The van der Waals surface area contributed by atoms with Gasteiger partial charge in [0, 0.05) is 25.9 Å². The van der Waals surface area contributed by atoms with Gasteiger partial charge in [-0.15, -0.1) is 0 Å². The average molecular weight is 373 g/mol. The van der Waals surface area contributed by atoms with Crippen molar-refractivity contribution in [3.05, 3.63) is 43.6 Å². The van der Waals surface area contributed by atoms with E-state index < -0.39 is 42.8 Å². The van der Waals surface area contributed by atoms with E-state index in [1.807, 2.05) is 0 Å². The molecule has 134 valence electrons. The summed E-state index contributed by atoms with van der Waals surface area (Å²) in [5.41, 5.74) is -0.724. The number of aliphatic hydroxyl groups excluding tert-OH is 1. The van der Waals surface area contributed by atoms with Crippen molar-refractivity contribution >= 4 is 19.2 Å². The first-order valence-electron chi connectivity index (χ1n) is 7.81. The lowest BCUT2D eigenvalue weighted by Gasteiger charge is -2.22. The van der Waals surface area contributed by atoms with Gasteiger partial charge in [0.25, 0.3) is 5.56 Å². The van der Waals surface area contributed by atoms with Gasteiger partial charge in [0.15, 0.2) is 4.91 Å². The number of aromatic amines is 1. The average Bonchev–Trinajstić information content (AvgIpc) is 2.92. The van der Waals surface area contributed by atoms with Gasteiger partial charge in [-0.2, -0.15) is 0 Å². The van der Waals surface area contributed by atoms with Gasteiger partial charge in [-0.1, -0.05) is 19.6 Å². The highest BCUT2D eigenvalue weighted by molar-refractivity contribution is 7.95. The molecule has 1 aromatic rings. The lowest BCUT2D eigenvalue weighted by atomic mass is 10.3. The van der Waals surface area contributed by atoms with Gasteiger partial charge in [-0.3, -0.25) is 14.3 Å². The molecule has 0 saturated carbocycles. The Morgan fingerprint density at radius 1 is 1.42 bits per heavy atom. The second-order valence-electron chi connectivity index (χ2n) is 7.12. The molecule has 24 heavy (non-hydrogen) atoms. The minimum Gasteiger partial charge on any atom is -0.612 e.